The van der Waals surface area contributed by atoms with Gasteiger partial charge in [0.1, 0.15) is 5.75 Å². The molecule has 0 spiro atoms. The fourth-order valence-electron chi connectivity index (χ4n) is 2.85. The Morgan fingerprint density at radius 2 is 1.69 bits per heavy atom. The Hall–Kier alpha value is -3.23. The van der Waals surface area contributed by atoms with Crippen LogP contribution in [0.5, 0.6) is 5.75 Å². The Kier molecular flexibility index (Phi) is 7.97. The van der Waals surface area contributed by atoms with Gasteiger partial charge in [0.2, 0.25) is 0 Å². The number of ether oxygens (including phenoxy) is 1. The molecule has 0 radical (unpaired) electrons. The molecule has 0 aliphatic carbocycles. The van der Waals surface area contributed by atoms with E-state index in [9.17, 15) is 9.59 Å². The summed E-state index contributed by atoms with van der Waals surface area (Å²) < 4.78 is 6.25. The first-order valence-electron chi connectivity index (χ1n) is 9.89. The largest absolute Gasteiger partial charge is 0.494 e. The molecule has 8 heteroatoms. The maximum absolute atomic E-state index is 12.8. The van der Waals surface area contributed by atoms with E-state index >= 15 is 0 Å². The molecule has 2 amide bonds. The summed E-state index contributed by atoms with van der Waals surface area (Å²) in [6.45, 7) is 4.42. The Bertz CT molecular complexity index is 1150. The summed E-state index contributed by atoms with van der Waals surface area (Å²) in [5, 5.41) is 8.52. The van der Waals surface area contributed by atoms with E-state index in [2.05, 4.69) is 31.9 Å². The van der Waals surface area contributed by atoms with Crippen molar-refractivity contribution in [2.45, 2.75) is 13.8 Å². The molecule has 6 nitrogen and oxygen atoms in total. The summed E-state index contributed by atoms with van der Waals surface area (Å²) in [7, 11) is 0. The van der Waals surface area contributed by atoms with Crippen molar-refractivity contribution in [2.75, 3.05) is 17.2 Å². The van der Waals surface area contributed by atoms with Crippen molar-refractivity contribution in [1.82, 2.24) is 5.32 Å². The van der Waals surface area contributed by atoms with Gasteiger partial charge in [-0.3, -0.25) is 14.9 Å². The van der Waals surface area contributed by atoms with E-state index in [0.29, 0.717) is 29.1 Å². The molecule has 3 aromatic carbocycles. The standard InChI is InChI=1S/C24H22BrN3O3S/c1-3-31-18-12-10-17(11-13-18)26-23(30)19-6-4-5-7-21(19)27-24(32)28-22(29)16-9-8-15(2)20(25)14-16/h4-14H,3H2,1-2H3,(H,26,30)(H2,27,28,29,32). The molecule has 0 bridgehead atoms. The molecule has 0 fully saturated rings. The Morgan fingerprint density at radius 3 is 2.38 bits per heavy atom. The summed E-state index contributed by atoms with van der Waals surface area (Å²) in [4.78, 5) is 25.3. The van der Waals surface area contributed by atoms with Gasteiger partial charge in [0.05, 0.1) is 17.9 Å². The molecule has 164 valence electrons. The number of aryl methyl sites for hydroxylation is 1. The maximum atomic E-state index is 12.8. The Labute approximate surface area is 200 Å². The lowest BCUT2D eigenvalue weighted by atomic mass is 10.1. The molecule has 0 atom stereocenters. The van der Waals surface area contributed by atoms with Crippen LogP contribution in [0.25, 0.3) is 0 Å². The number of thiocarbonyl (C=S) groups is 1. The van der Waals surface area contributed by atoms with Gasteiger partial charge >= 0.3 is 0 Å². The highest BCUT2D eigenvalue weighted by Gasteiger charge is 2.14. The molecule has 0 aliphatic rings. The Morgan fingerprint density at radius 1 is 0.969 bits per heavy atom. The van der Waals surface area contributed by atoms with Gasteiger partial charge in [-0.25, -0.2) is 0 Å². The number of nitrogens with one attached hydrogen (secondary N) is 3. The number of hydrogen-bond acceptors (Lipinski definition) is 4. The normalized spacial score (nSPS) is 10.2. The summed E-state index contributed by atoms with van der Waals surface area (Å²) in [6.07, 6.45) is 0. The number of carbonyl (C=O) groups excluding carboxylic acids is 2. The lowest BCUT2D eigenvalue weighted by Crippen LogP contribution is -2.34. The third-order valence-corrected chi connectivity index (χ3v) is 5.56. The third-order valence-electron chi connectivity index (χ3n) is 4.50. The first-order valence-corrected chi connectivity index (χ1v) is 11.1. The minimum absolute atomic E-state index is 0.0908. The van der Waals surface area contributed by atoms with E-state index in [4.69, 9.17) is 17.0 Å². The predicted molar refractivity (Wildman–Crippen MR) is 135 cm³/mol. The van der Waals surface area contributed by atoms with E-state index in [1.165, 1.54) is 0 Å². The topological polar surface area (TPSA) is 79.5 Å². The fourth-order valence-corrected chi connectivity index (χ4v) is 3.43. The molecule has 0 aliphatic heterocycles. The van der Waals surface area contributed by atoms with Crippen molar-refractivity contribution >= 4 is 56.4 Å². The SMILES string of the molecule is CCOc1ccc(NC(=O)c2ccccc2NC(=S)NC(=O)c2ccc(C)c(Br)c2)cc1. The molecular weight excluding hydrogens is 490 g/mol. The van der Waals surface area contributed by atoms with Crippen LogP contribution in [0.15, 0.2) is 71.2 Å². The molecule has 3 aromatic rings. The van der Waals surface area contributed by atoms with Crippen molar-refractivity contribution in [3.8, 4) is 5.75 Å². The number of halogens is 1. The summed E-state index contributed by atoms with van der Waals surface area (Å²) in [6, 6.07) is 19.3. The van der Waals surface area contributed by atoms with Crippen molar-refractivity contribution in [2.24, 2.45) is 0 Å². The van der Waals surface area contributed by atoms with Gasteiger partial charge in [-0.2, -0.15) is 0 Å². The highest BCUT2D eigenvalue weighted by molar-refractivity contribution is 9.10. The number of para-hydroxylation sites is 1. The number of benzene rings is 3. The first-order chi connectivity index (χ1) is 15.4. The van der Waals surface area contributed by atoms with E-state index in [1.54, 1.807) is 60.7 Å². The van der Waals surface area contributed by atoms with Crippen LogP contribution < -0.4 is 20.7 Å². The highest BCUT2D eigenvalue weighted by atomic mass is 79.9. The number of rotatable bonds is 6. The van der Waals surface area contributed by atoms with Crippen LogP contribution in [0.1, 0.15) is 33.2 Å². The summed E-state index contributed by atoms with van der Waals surface area (Å²) >= 11 is 8.70. The first kappa shape index (κ1) is 23.4. The smallest absolute Gasteiger partial charge is 0.257 e. The van der Waals surface area contributed by atoms with Crippen molar-refractivity contribution in [3.63, 3.8) is 0 Å². The average Bonchev–Trinajstić information content (AvgIpc) is 2.77. The van der Waals surface area contributed by atoms with Gasteiger partial charge in [-0.05, 0) is 80.2 Å². The van der Waals surface area contributed by atoms with Gasteiger partial charge < -0.3 is 15.4 Å². The van der Waals surface area contributed by atoms with Crippen LogP contribution in [0.3, 0.4) is 0 Å². The van der Waals surface area contributed by atoms with Crippen molar-refractivity contribution in [1.29, 1.82) is 0 Å². The second kappa shape index (κ2) is 10.9. The van der Waals surface area contributed by atoms with E-state index < -0.39 is 0 Å². The maximum Gasteiger partial charge on any atom is 0.257 e. The number of hydrogen-bond donors (Lipinski definition) is 3. The molecule has 0 saturated heterocycles. The number of carbonyl (C=O) groups is 2. The quantitative estimate of drug-likeness (QED) is 0.379. The number of anilines is 2. The van der Waals surface area contributed by atoms with Gasteiger partial charge in [-0.15, -0.1) is 0 Å². The highest BCUT2D eigenvalue weighted by Crippen LogP contribution is 2.20. The van der Waals surface area contributed by atoms with E-state index in [1.807, 2.05) is 19.9 Å². The van der Waals surface area contributed by atoms with Gasteiger partial charge in [-0.1, -0.05) is 34.1 Å². The summed E-state index contributed by atoms with van der Waals surface area (Å²) in [5.41, 5.74) is 2.99. The predicted octanol–water partition coefficient (Wildman–Crippen LogP) is 5.54. The molecule has 0 aromatic heterocycles. The monoisotopic (exact) mass is 511 g/mol. The molecular formula is C24H22BrN3O3S. The lowest BCUT2D eigenvalue weighted by Gasteiger charge is -2.14. The molecule has 0 saturated carbocycles. The molecule has 0 unspecified atom stereocenters. The van der Waals surface area contributed by atoms with Crippen LogP contribution in [0.4, 0.5) is 11.4 Å². The summed E-state index contributed by atoms with van der Waals surface area (Å²) in [5.74, 6) is 0.0719. The molecule has 3 N–H and O–H groups in total. The minimum atomic E-state index is -0.348. The zero-order valence-electron chi connectivity index (χ0n) is 17.6. The van der Waals surface area contributed by atoms with Crippen molar-refractivity contribution < 1.29 is 14.3 Å². The van der Waals surface area contributed by atoms with Crippen LogP contribution in [0.2, 0.25) is 0 Å². The van der Waals surface area contributed by atoms with Crippen LogP contribution in [-0.2, 0) is 0 Å². The fraction of sp³-hybridized carbons (Fsp3) is 0.125. The molecule has 32 heavy (non-hydrogen) atoms. The van der Waals surface area contributed by atoms with Crippen molar-refractivity contribution in [3.05, 3.63) is 87.9 Å². The average molecular weight is 512 g/mol. The minimum Gasteiger partial charge on any atom is -0.494 e. The van der Waals surface area contributed by atoms with Gasteiger partial charge in [0.15, 0.2) is 5.11 Å². The van der Waals surface area contributed by atoms with Crippen LogP contribution >= 0.6 is 28.1 Å². The zero-order chi connectivity index (χ0) is 23.1. The second-order valence-corrected chi connectivity index (χ2v) is 8.09. The van der Waals surface area contributed by atoms with Gasteiger partial charge in [0, 0.05) is 15.7 Å². The van der Waals surface area contributed by atoms with E-state index in [0.717, 1.165) is 15.8 Å². The van der Waals surface area contributed by atoms with Crippen LogP contribution in [-0.4, -0.2) is 23.5 Å². The third kappa shape index (κ3) is 6.15. The van der Waals surface area contributed by atoms with Crippen LogP contribution in [0, 0.1) is 6.92 Å². The second-order valence-electron chi connectivity index (χ2n) is 6.83. The zero-order valence-corrected chi connectivity index (χ0v) is 20.0. The number of amides is 2. The Balaban J connectivity index is 1.67. The van der Waals surface area contributed by atoms with E-state index in [-0.39, 0.29) is 16.9 Å². The molecule has 3 rings (SSSR count). The lowest BCUT2D eigenvalue weighted by molar-refractivity contribution is 0.0976. The van der Waals surface area contributed by atoms with Gasteiger partial charge in [0.25, 0.3) is 11.8 Å². The molecule has 0 heterocycles.